The number of hydrogen-bond donors (Lipinski definition) is 2. The Hall–Kier alpha value is -1.13. The van der Waals surface area contributed by atoms with Crippen molar-refractivity contribution in [3.05, 3.63) is 35.9 Å². The van der Waals surface area contributed by atoms with E-state index in [1.165, 1.54) is 0 Å². The summed E-state index contributed by atoms with van der Waals surface area (Å²) in [6.45, 7) is 4.22. The molecule has 1 rings (SSSR count). The van der Waals surface area contributed by atoms with Crippen LogP contribution in [0.15, 0.2) is 30.3 Å². The maximum atomic E-state index is 10.2. The van der Waals surface area contributed by atoms with Gasteiger partial charge in [0.2, 0.25) is 0 Å². The number of benzene rings is 1. The van der Waals surface area contributed by atoms with Crippen molar-refractivity contribution in [1.29, 1.82) is 0 Å². The minimum absolute atomic E-state index is 0.331. The molecule has 78 valence electrons. The molecule has 14 heavy (non-hydrogen) atoms. The molecule has 4 heteroatoms. The Bertz CT molecular complexity index is 259. The van der Waals surface area contributed by atoms with Gasteiger partial charge in [0.15, 0.2) is 0 Å². The van der Waals surface area contributed by atoms with E-state index in [1.807, 2.05) is 0 Å². The van der Waals surface area contributed by atoms with E-state index in [-0.39, 0.29) is 0 Å². The molecule has 0 atom stereocenters. The fraction of sp³-hybridized carbons (Fsp3) is 0.300. The van der Waals surface area contributed by atoms with Crippen molar-refractivity contribution in [2.75, 3.05) is 6.23 Å². The van der Waals surface area contributed by atoms with E-state index in [4.69, 9.17) is 10.2 Å². The molecule has 0 fully saturated rings. The molecule has 0 radical (unpaired) electrons. The van der Waals surface area contributed by atoms with Crippen LogP contribution in [0.5, 0.6) is 0 Å². The van der Waals surface area contributed by atoms with Crippen LogP contribution in [-0.4, -0.2) is 31.2 Å². The molecule has 0 saturated heterocycles. The minimum atomic E-state index is -0.879. The van der Waals surface area contributed by atoms with E-state index in [0.717, 1.165) is 0 Å². The summed E-state index contributed by atoms with van der Waals surface area (Å²) in [6.07, 6.45) is 0.444. The van der Waals surface area contributed by atoms with E-state index >= 15 is 0 Å². The molecule has 0 heterocycles. The zero-order valence-corrected chi connectivity index (χ0v) is 9.63. The maximum absolute atomic E-state index is 10.2. The molecule has 0 aliphatic carbocycles. The molecule has 1 aromatic carbocycles. The van der Waals surface area contributed by atoms with Crippen LogP contribution < -0.4 is 0 Å². The predicted octanol–water partition coefficient (Wildman–Crippen LogP) is 1.39. The number of carboxylic acid groups (broad SMARTS) is 1. The van der Waals surface area contributed by atoms with Crippen LogP contribution in [-0.2, 0) is 0 Å². The summed E-state index contributed by atoms with van der Waals surface area (Å²) in [7, 11) is -0.594. The van der Waals surface area contributed by atoms with E-state index in [9.17, 15) is 4.79 Å². The molecule has 0 aliphatic rings. The monoisotopic (exact) mass is 212 g/mol. The molecule has 2 N–H and O–H groups in total. The van der Waals surface area contributed by atoms with E-state index < -0.39 is 14.8 Å². The lowest BCUT2D eigenvalue weighted by Gasteiger charge is -1.88. The number of aromatic carboxylic acids is 1. The summed E-state index contributed by atoms with van der Waals surface area (Å²) < 4.78 is 0. The average molecular weight is 212 g/mol. The first-order chi connectivity index (χ1) is 6.57. The fourth-order valence-corrected chi connectivity index (χ4v) is 0.581. The Morgan fingerprint density at radius 3 is 1.93 bits per heavy atom. The van der Waals surface area contributed by atoms with Gasteiger partial charge in [0.25, 0.3) is 0 Å². The van der Waals surface area contributed by atoms with Crippen LogP contribution in [0.4, 0.5) is 0 Å². The Morgan fingerprint density at radius 1 is 1.29 bits per heavy atom. The number of hydrogen-bond acceptors (Lipinski definition) is 2. The van der Waals surface area contributed by atoms with Crippen molar-refractivity contribution in [3.63, 3.8) is 0 Å². The summed E-state index contributed by atoms with van der Waals surface area (Å²) in [5.41, 5.74) is 0.331. The van der Waals surface area contributed by atoms with Crippen LogP contribution in [0.1, 0.15) is 10.4 Å². The second-order valence-electron chi connectivity index (χ2n) is 3.25. The standard InChI is InChI=1S/C7H6O2.C3H10OSi/c8-7(9)6-4-2-1-3-5-6;1-5(2)3-4/h1-5H,(H,8,9);4-5H,3H2,1-2H3. The third-order valence-electron chi connectivity index (χ3n) is 1.39. The summed E-state index contributed by atoms with van der Waals surface area (Å²) >= 11 is 0. The number of aliphatic hydroxyl groups excluding tert-OH is 1. The highest BCUT2D eigenvalue weighted by Crippen LogP contribution is 1.96. The van der Waals surface area contributed by atoms with Crippen molar-refractivity contribution in [2.45, 2.75) is 13.1 Å². The number of carbonyl (C=O) groups is 1. The third kappa shape index (κ3) is 6.39. The van der Waals surface area contributed by atoms with Crippen LogP contribution in [0.3, 0.4) is 0 Å². The lowest BCUT2D eigenvalue weighted by atomic mass is 10.2. The molecule has 0 aliphatic heterocycles. The van der Waals surface area contributed by atoms with Crippen LogP contribution in [0.25, 0.3) is 0 Å². The summed E-state index contributed by atoms with van der Waals surface area (Å²) in [5.74, 6) is -0.879. The topological polar surface area (TPSA) is 57.5 Å². The van der Waals surface area contributed by atoms with Gasteiger partial charge in [-0.25, -0.2) is 4.79 Å². The molecular weight excluding hydrogens is 196 g/mol. The summed E-state index contributed by atoms with van der Waals surface area (Å²) in [6, 6.07) is 8.30. The smallest absolute Gasteiger partial charge is 0.335 e. The highest BCUT2D eigenvalue weighted by Gasteiger charge is 1.96. The van der Waals surface area contributed by atoms with E-state index in [0.29, 0.717) is 11.8 Å². The first kappa shape index (κ1) is 12.9. The zero-order valence-electron chi connectivity index (χ0n) is 8.47. The second-order valence-corrected chi connectivity index (χ2v) is 6.40. The number of carboxylic acids is 1. The Balaban J connectivity index is 0.000000292. The lowest BCUT2D eigenvalue weighted by molar-refractivity contribution is 0.0697. The van der Waals surface area contributed by atoms with Gasteiger partial charge in [0.05, 0.1) is 14.4 Å². The summed E-state index contributed by atoms with van der Waals surface area (Å²) in [5, 5.41) is 16.6. The first-order valence-electron chi connectivity index (χ1n) is 4.47. The van der Waals surface area contributed by atoms with Gasteiger partial charge in [-0.3, -0.25) is 0 Å². The Kier molecular flexibility index (Phi) is 6.70. The van der Waals surface area contributed by atoms with Gasteiger partial charge in [0.1, 0.15) is 0 Å². The van der Waals surface area contributed by atoms with Gasteiger partial charge in [-0.05, 0) is 12.1 Å². The molecular formula is C10H16O3Si. The van der Waals surface area contributed by atoms with Gasteiger partial charge >= 0.3 is 5.97 Å². The van der Waals surface area contributed by atoms with Crippen LogP contribution >= 0.6 is 0 Å². The predicted molar refractivity (Wildman–Crippen MR) is 59.4 cm³/mol. The first-order valence-corrected chi connectivity index (χ1v) is 7.59. The van der Waals surface area contributed by atoms with Crippen LogP contribution in [0.2, 0.25) is 13.1 Å². The maximum Gasteiger partial charge on any atom is 0.335 e. The molecule has 0 saturated carbocycles. The average Bonchev–Trinajstić information content (AvgIpc) is 2.20. The van der Waals surface area contributed by atoms with Gasteiger partial charge < -0.3 is 10.2 Å². The zero-order chi connectivity index (χ0) is 11.0. The highest BCUT2D eigenvalue weighted by molar-refractivity contribution is 6.55. The number of rotatable bonds is 2. The van der Waals surface area contributed by atoms with Crippen molar-refractivity contribution in [2.24, 2.45) is 0 Å². The van der Waals surface area contributed by atoms with Crippen molar-refractivity contribution < 1.29 is 15.0 Å². The second kappa shape index (κ2) is 7.29. The quantitative estimate of drug-likeness (QED) is 0.728. The molecule has 0 amide bonds. The third-order valence-corrected chi connectivity index (χ3v) is 2.12. The molecule has 0 unspecified atom stereocenters. The molecule has 1 aromatic rings. The number of aliphatic hydroxyl groups is 1. The Morgan fingerprint density at radius 2 is 1.71 bits per heavy atom. The molecule has 0 aromatic heterocycles. The minimum Gasteiger partial charge on any atom is -0.478 e. The van der Waals surface area contributed by atoms with Gasteiger partial charge in [-0.15, -0.1) is 0 Å². The molecule has 3 nitrogen and oxygen atoms in total. The molecule has 0 bridgehead atoms. The van der Waals surface area contributed by atoms with Crippen molar-refractivity contribution in [3.8, 4) is 0 Å². The highest BCUT2D eigenvalue weighted by atomic mass is 28.3. The fourth-order valence-electron chi connectivity index (χ4n) is 0.581. The summed E-state index contributed by atoms with van der Waals surface area (Å²) in [4.78, 5) is 10.2. The van der Waals surface area contributed by atoms with Crippen molar-refractivity contribution in [1.82, 2.24) is 0 Å². The van der Waals surface area contributed by atoms with Gasteiger partial charge in [-0.1, -0.05) is 31.3 Å². The lowest BCUT2D eigenvalue weighted by Crippen LogP contribution is -2.05. The van der Waals surface area contributed by atoms with Crippen molar-refractivity contribution >= 4 is 14.8 Å². The largest absolute Gasteiger partial charge is 0.478 e. The van der Waals surface area contributed by atoms with Crippen LogP contribution in [0, 0.1) is 0 Å². The van der Waals surface area contributed by atoms with E-state index in [1.54, 1.807) is 30.3 Å². The molecule has 0 spiro atoms. The SMILES string of the molecule is C[SiH](C)CO.O=C(O)c1ccccc1. The van der Waals surface area contributed by atoms with Gasteiger partial charge in [0, 0.05) is 6.23 Å². The normalized spacial score (nSPS) is 9.14. The Labute approximate surface area is 85.6 Å². The van der Waals surface area contributed by atoms with Gasteiger partial charge in [-0.2, -0.15) is 0 Å². The van der Waals surface area contributed by atoms with E-state index in [2.05, 4.69) is 13.1 Å².